The van der Waals surface area contributed by atoms with Gasteiger partial charge in [-0.25, -0.2) is 0 Å². The molecule has 5 nitrogen and oxygen atoms in total. The summed E-state index contributed by atoms with van der Waals surface area (Å²) >= 11 is 0. The Morgan fingerprint density at radius 3 is 1.64 bits per heavy atom. The van der Waals surface area contributed by atoms with E-state index in [1.54, 1.807) is 24.8 Å². The lowest BCUT2D eigenvalue weighted by molar-refractivity contribution is 1.20. The predicted octanol–water partition coefficient (Wildman–Crippen LogP) is 11.2. The van der Waals surface area contributed by atoms with Gasteiger partial charge in [-0.2, -0.15) is 0 Å². The fourth-order valence-electron chi connectivity index (χ4n) is 6.31. The molecule has 0 radical (unpaired) electrons. The Hall–Kier alpha value is -6.59. The van der Waals surface area contributed by atoms with Crippen molar-refractivity contribution in [3.05, 3.63) is 176 Å². The van der Waals surface area contributed by atoms with Crippen LogP contribution in [-0.4, -0.2) is 26.7 Å². The predicted molar refractivity (Wildman–Crippen MR) is 207 cm³/mol. The van der Waals surface area contributed by atoms with Gasteiger partial charge in [0.15, 0.2) is 0 Å². The fraction of sp³-hybridized carbons (Fsp3) is 0.0444. The molecule has 4 heterocycles. The average Bonchev–Trinajstić information content (AvgIpc) is 3.18. The molecule has 0 saturated heterocycles. The van der Waals surface area contributed by atoms with Gasteiger partial charge in [0.25, 0.3) is 0 Å². The molecule has 0 saturated carbocycles. The van der Waals surface area contributed by atoms with Crippen LogP contribution >= 0.6 is 0 Å². The van der Waals surface area contributed by atoms with E-state index in [1.165, 1.54) is 0 Å². The van der Waals surface area contributed by atoms with Crippen LogP contribution in [0.1, 0.15) is 18.2 Å². The maximum Gasteiger partial charge on any atom is 0.0457 e. The Bertz CT molecular complexity index is 2270. The van der Waals surface area contributed by atoms with Crippen molar-refractivity contribution in [2.24, 2.45) is 4.99 Å². The average molecular weight is 646 g/mol. The van der Waals surface area contributed by atoms with Crippen LogP contribution in [0.3, 0.4) is 0 Å². The molecule has 50 heavy (non-hydrogen) atoms. The van der Waals surface area contributed by atoms with Crippen molar-refractivity contribution in [1.82, 2.24) is 19.9 Å². The second-order valence-electron chi connectivity index (χ2n) is 12.1. The van der Waals surface area contributed by atoms with Crippen molar-refractivity contribution < 1.29 is 0 Å². The van der Waals surface area contributed by atoms with Crippen molar-refractivity contribution >= 4 is 12.3 Å². The summed E-state index contributed by atoms with van der Waals surface area (Å²) < 4.78 is 0. The summed E-state index contributed by atoms with van der Waals surface area (Å²) in [6.07, 6.45) is 18.8. The van der Waals surface area contributed by atoms with Gasteiger partial charge in [0.05, 0.1) is 0 Å². The third-order valence-electron chi connectivity index (χ3n) is 8.77. The van der Waals surface area contributed by atoms with E-state index in [9.17, 15) is 0 Å². The van der Waals surface area contributed by atoms with Gasteiger partial charge in [-0.1, -0.05) is 54.6 Å². The van der Waals surface area contributed by atoms with Crippen LogP contribution in [-0.2, 0) is 0 Å². The van der Waals surface area contributed by atoms with Gasteiger partial charge in [-0.3, -0.25) is 24.9 Å². The van der Waals surface area contributed by atoms with E-state index in [4.69, 9.17) is 4.98 Å². The highest BCUT2D eigenvalue weighted by atomic mass is 14.7. The van der Waals surface area contributed by atoms with Crippen LogP contribution in [0.2, 0.25) is 0 Å². The summed E-state index contributed by atoms with van der Waals surface area (Å²) in [7, 11) is 0. The summed E-state index contributed by atoms with van der Waals surface area (Å²) in [5, 5.41) is 0. The first-order valence-electron chi connectivity index (χ1n) is 16.5. The minimum absolute atomic E-state index is 0.940. The Kier molecular flexibility index (Phi) is 9.38. The highest BCUT2D eigenvalue weighted by Crippen LogP contribution is 2.44. The largest absolute Gasteiger partial charge is 0.273 e. The first-order valence-corrected chi connectivity index (χ1v) is 16.5. The molecule has 0 aliphatic carbocycles. The molecule has 0 aliphatic rings. The molecule has 0 N–H and O–H groups in total. The lowest BCUT2D eigenvalue weighted by atomic mass is 9.85. The maximum absolute atomic E-state index is 5.08. The molecule has 7 aromatic rings. The molecule has 0 fully saturated rings. The van der Waals surface area contributed by atoms with E-state index in [-0.39, 0.29) is 0 Å². The number of hydrogen-bond donors (Lipinski definition) is 0. The Labute approximate surface area is 293 Å². The van der Waals surface area contributed by atoms with Crippen molar-refractivity contribution in [2.75, 3.05) is 0 Å². The zero-order valence-corrected chi connectivity index (χ0v) is 28.0. The van der Waals surface area contributed by atoms with Crippen molar-refractivity contribution in [3.63, 3.8) is 0 Å². The molecule has 5 heteroatoms. The van der Waals surface area contributed by atoms with Crippen LogP contribution < -0.4 is 0 Å². The SMILES string of the molecule is C=N/C=C\C=C(/C)c1cc(-c2cccnc2)cc(-c2c(C)ncc(-c3cc(-c4cccnc4)cc(-c4cccnc4)c3)c2-c2ccccc2)c1. The number of rotatable bonds is 9. The number of aliphatic imine (C=N–C) groups is 1. The smallest absolute Gasteiger partial charge is 0.0457 e. The Morgan fingerprint density at radius 2 is 1.08 bits per heavy atom. The molecular formula is C45H35N5. The lowest BCUT2D eigenvalue weighted by Gasteiger charge is -2.20. The topological polar surface area (TPSA) is 63.9 Å². The highest BCUT2D eigenvalue weighted by molar-refractivity contribution is 5.97. The van der Waals surface area contributed by atoms with E-state index in [0.29, 0.717) is 0 Å². The molecule has 0 unspecified atom stereocenters. The van der Waals surface area contributed by atoms with Crippen LogP contribution in [0, 0.1) is 6.92 Å². The normalized spacial score (nSPS) is 11.5. The van der Waals surface area contributed by atoms with Gasteiger partial charge < -0.3 is 0 Å². The van der Waals surface area contributed by atoms with E-state index in [1.807, 2.05) is 49.1 Å². The summed E-state index contributed by atoms with van der Waals surface area (Å²) in [6.45, 7) is 7.79. The molecule has 0 spiro atoms. The van der Waals surface area contributed by atoms with E-state index in [0.717, 1.165) is 83.6 Å². The summed E-state index contributed by atoms with van der Waals surface area (Å²) in [4.78, 5) is 22.3. The van der Waals surface area contributed by atoms with E-state index < -0.39 is 0 Å². The number of benzene rings is 3. The van der Waals surface area contributed by atoms with Crippen LogP contribution in [0.5, 0.6) is 0 Å². The number of nitrogens with zero attached hydrogens (tertiary/aromatic N) is 5. The van der Waals surface area contributed by atoms with Crippen LogP contribution in [0.15, 0.2) is 170 Å². The third kappa shape index (κ3) is 6.84. The first kappa shape index (κ1) is 32.0. The molecule has 7 rings (SSSR count). The van der Waals surface area contributed by atoms with Gasteiger partial charge in [0.2, 0.25) is 0 Å². The summed E-state index contributed by atoms with van der Waals surface area (Å²) in [6, 6.07) is 36.2. The van der Waals surface area contributed by atoms with Gasteiger partial charge in [0, 0.05) is 88.7 Å². The minimum atomic E-state index is 0.940. The first-order chi connectivity index (χ1) is 24.6. The van der Waals surface area contributed by atoms with Gasteiger partial charge in [0.1, 0.15) is 0 Å². The third-order valence-corrected chi connectivity index (χ3v) is 8.77. The van der Waals surface area contributed by atoms with Crippen molar-refractivity contribution in [3.8, 4) is 66.8 Å². The van der Waals surface area contributed by atoms with Crippen molar-refractivity contribution in [2.45, 2.75) is 13.8 Å². The van der Waals surface area contributed by atoms with E-state index >= 15 is 0 Å². The number of allylic oxidation sites excluding steroid dienone is 3. The van der Waals surface area contributed by atoms with Crippen LogP contribution in [0.4, 0.5) is 0 Å². The fourth-order valence-corrected chi connectivity index (χ4v) is 6.31. The molecule has 0 bridgehead atoms. The maximum atomic E-state index is 5.08. The number of hydrogen-bond acceptors (Lipinski definition) is 5. The quantitative estimate of drug-likeness (QED) is 0.116. The summed E-state index contributed by atoms with van der Waals surface area (Å²) in [5.41, 5.74) is 15.9. The monoisotopic (exact) mass is 645 g/mol. The number of aryl methyl sites for hydroxylation is 1. The second kappa shape index (κ2) is 14.7. The van der Waals surface area contributed by atoms with E-state index in [2.05, 4.69) is 132 Å². The van der Waals surface area contributed by atoms with Gasteiger partial charge in [-0.05, 0) is 126 Å². The molecule has 3 aromatic carbocycles. The zero-order chi connectivity index (χ0) is 34.3. The molecule has 240 valence electrons. The van der Waals surface area contributed by atoms with Crippen molar-refractivity contribution in [1.29, 1.82) is 0 Å². The standard InChI is InChI=1S/C45H35N5/c1-31(11-7-17-46-3)37-21-38(34-14-8-18-47-27-34)26-42(22-37)44-32(2)50-30-43(45(44)33-12-5-4-6-13-33)41-24-39(35-15-9-19-48-28-35)23-40(25-41)36-16-10-20-49-29-36/h4-30H,3H2,1-2H3/b17-7-,31-11+. The van der Waals surface area contributed by atoms with Crippen LogP contribution in [0.25, 0.3) is 72.3 Å². The summed E-state index contributed by atoms with van der Waals surface area (Å²) in [5.74, 6) is 0. The lowest BCUT2D eigenvalue weighted by Crippen LogP contribution is -1.98. The Morgan fingerprint density at radius 1 is 0.560 bits per heavy atom. The molecule has 0 aliphatic heterocycles. The molecule has 4 aromatic heterocycles. The number of pyridine rings is 4. The van der Waals surface area contributed by atoms with Gasteiger partial charge >= 0.3 is 0 Å². The molecular weight excluding hydrogens is 611 g/mol. The highest BCUT2D eigenvalue weighted by Gasteiger charge is 2.20. The zero-order valence-electron chi connectivity index (χ0n) is 28.0. The molecule has 0 atom stereocenters. The minimum Gasteiger partial charge on any atom is -0.273 e. The second-order valence-corrected chi connectivity index (χ2v) is 12.1. The Balaban J connectivity index is 1.53. The molecule has 0 amide bonds. The number of aromatic nitrogens is 4. The van der Waals surface area contributed by atoms with Gasteiger partial charge in [-0.15, -0.1) is 0 Å².